The van der Waals surface area contributed by atoms with Crippen molar-refractivity contribution in [2.45, 2.75) is 61.3 Å². The highest BCUT2D eigenvalue weighted by atomic mass is 16.7. The summed E-state index contributed by atoms with van der Waals surface area (Å²) in [5.41, 5.74) is 14.8. The SMILES string of the molecule is N[C@H]1[C@H](Oc2cccc(C#Cc3ccc(C#Cc4cccc(O[C@@H]5O[C@H](CO)[C@@H](O)[C@H](O)[C@H]5N)c4)cc3)c2)O[C@H](CO)[C@@H](O)[C@@H]1O. The number of hydrogen-bond donors (Lipinski definition) is 8. The number of ether oxygens (including phenoxy) is 4. The molecule has 12 nitrogen and oxygen atoms in total. The van der Waals surface area contributed by atoms with Crippen molar-refractivity contribution >= 4 is 0 Å². The summed E-state index contributed by atoms with van der Waals surface area (Å²) in [5, 5.41) is 59.1. The highest BCUT2D eigenvalue weighted by Crippen LogP contribution is 2.25. The first-order valence-electron chi connectivity index (χ1n) is 14.6. The number of nitrogens with two attached hydrogens (primary N) is 2. The zero-order chi connectivity index (χ0) is 32.8. The summed E-state index contributed by atoms with van der Waals surface area (Å²) in [7, 11) is 0. The van der Waals surface area contributed by atoms with Crippen LogP contribution in [0.15, 0.2) is 72.8 Å². The molecule has 0 unspecified atom stereocenters. The lowest BCUT2D eigenvalue weighted by atomic mass is 9.98. The molecule has 0 aromatic heterocycles. The van der Waals surface area contributed by atoms with E-state index in [1.54, 1.807) is 48.5 Å². The standard InChI is InChI=1S/C34H36N2O10/c35-27-31(41)29(39)25(17-37)45-33(27)43-23-5-1-3-21(15-23)13-11-19-7-9-20(10-8-19)12-14-22-4-2-6-24(16-22)44-34-28(36)32(42)30(40)26(18-38)46-34/h1-10,15-16,25-34,37-42H,17-18,35-36H2/t25-,26-,27-,28-,29-,30-,31-,32-,33-,34-/m1/s1. The summed E-state index contributed by atoms with van der Waals surface area (Å²) in [6.07, 6.45) is -9.48. The van der Waals surface area contributed by atoms with E-state index in [1.807, 2.05) is 24.3 Å². The highest BCUT2D eigenvalue weighted by molar-refractivity contribution is 5.49. The van der Waals surface area contributed by atoms with Gasteiger partial charge in [0, 0.05) is 22.3 Å². The van der Waals surface area contributed by atoms with Crippen LogP contribution in [0.2, 0.25) is 0 Å². The van der Waals surface area contributed by atoms with E-state index in [0.29, 0.717) is 22.6 Å². The average Bonchev–Trinajstić information content (AvgIpc) is 3.07. The molecule has 0 spiro atoms. The van der Waals surface area contributed by atoms with E-state index in [9.17, 15) is 30.6 Å². The van der Waals surface area contributed by atoms with Gasteiger partial charge < -0.3 is 61.1 Å². The van der Waals surface area contributed by atoms with Crippen molar-refractivity contribution < 1.29 is 49.6 Å². The lowest BCUT2D eigenvalue weighted by Crippen LogP contribution is -2.63. The number of rotatable bonds is 6. The molecule has 242 valence electrons. The second kappa shape index (κ2) is 15.0. The maximum absolute atomic E-state index is 10.2. The molecule has 2 aliphatic rings. The molecule has 12 heteroatoms. The van der Waals surface area contributed by atoms with Crippen molar-refractivity contribution in [1.29, 1.82) is 0 Å². The monoisotopic (exact) mass is 632 g/mol. The molecule has 10 N–H and O–H groups in total. The lowest BCUT2D eigenvalue weighted by molar-refractivity contribution is -0.239. The molecule has 3 aromatic rings. The minimum Gasteiger partial charge on any atom is -0.463 e. The summed E-state index contributed by atoms with van der Waals surface area (Å²) in [5.74, 6) is 13.1. The van der Waals surface area contributed by atoms with Gasteiger partial charge >= 0.3 is 0 Å². The molecule has 46 heavy (non-hydrogen) atoms. The van der Waals surface area contributed by atoms with Gasteiger partial charge in [-0.25, -0.2) is 0 Å². The van der Waals surface area contributed by atoms with Gasteiger partial charge in [0.25, 0.3) is 0 Å². The van der Waals surface area contributed by atoms with Gasteiger partial charge in [0.1, 0.15) is 48.1 Å². The van der Waals surface area contributed by atoms with Crippen molar-refractivity contribution in [3.05, 3.63) is 95.1 Å². The van der Waals surface area contributed by atoms with E-state index in [4.69, 9.17) is 30.4 Å². The van der Waals surface area contributed by atoms with Crippen molar-refractivity contribution in [1.82, 2.24) is 0 Å². The number of aliphatic hydroxyl groups excluding tert-OH is 6. The highest BCUT2D eigenvalue weighted by Gasteiger charge is 2.44. The van der Waals surface area contributed by atoms with E-state index < -0.39 is 74.5 Å². The fourth-order valence-corrected chi connectivity index (χ4v) is 4.91. The Kier molecular flexibility index (Phi) is 10.9. The maximum Gasteiger partial charge on any atom is 0.218 e. The Labute approximate surface area is 265 Å². The molecule has 0 bridgehead atoms. The van der Waals surface area contributed by atoms with Gasteiger partial charge in [-0.1, -0.05) is 35.8 Å². The van der Waals surface area contributed by atoms with Crippen molar-refractivity contribution in [2.75, 3.05) is 13.2 Å². The molecule has 2 saturated heterocycles. The summed E-state index contributed by atoms with van der Waals surface area (Å²) in [4.78, 5) is 0. The van der Waals surface area contributed by atoms with Crippen molar-refractivity contribution in [3.8, 4) is 35.2 Å². The summed E-state index contributed by atoms with van der Waals surface area (Å²) < 4.78 is 22.6. The average molecular weight is 633 g/mol. The third-order valence-corrected chi connectivity index (χ3v) is 7.62. The predicted octanol–water partition coefficient (Wildman–Crippen LogP) is -1.22. The Morgan fingerprint density at radius 3 is 1.28 bits per heavy atom. The quantitative estimate of drug-likeness (QED) is 0.150. The van der Waals surface area contributed by atoms with Crippen molar-refractivity contribution in [3.63, 3.8) is 0 Å². The zero-order valence-electron chi connectivity index (χ0n) is 24.6. The number of benzene rings is 3. The van der Waals surface area contributed by atoms with E-state index in [0.717, 1.165) is 11.1 Å². The Hall–Kier alpha value is -4.02. The fraction of sp³-hybridized carbons (Fsp3) is 0.353. The molecule has 2 heterocycles. The van der Waals surface area contributed by atoms with Gasteiger partial charge in [-0.15, -0.1) is 0 Å². The first-order chi connectivity index (χ1) is 22.2. The molecule has 10 atom stereocenters. The molecular weight excluding hydrogens is 596 g/mol. The third kappa shape index (κ3) is 7.85. The summed E-state index contributed by atoms with van der Waals surface area (Å²) >= 11 is 0. The minimum absolute atomic E-state index is 0.396. The molecule has 0 aliphatic carbocycles. The van der Waals surface area contributed by atoms with Gasteiger partial charge in [0.05, 0.1) is 25.3 Å². The first-order valence-corrected chi connectivity index (χ1v) is 14.6. The second-order valence-corrected chi connectivity index (χ2v) is 10.9. The third-order valence-electron chi connectivity index (χ3n) is 7.62. The van der Waals surface area contributed by atoms with E-state index in [-0.39, 0.29) is 0 Å². The van der Waals surface area contributed by atoms with E-state index in [2.05, 4.69) is 23.7 Å². The zero-order valence-corrected chi connectivity index (χ0v) is 24.6. The molecule has 0 amide bonds. The van der Waals surface area contributed by atoms with Crippen LogP contribution in [-0.4, -0.2) is 105 Å². The predicted molar refractivity (Wildman–Crippen MR) is 164 cm³/mol. The summed E-state index contributed by atoms with van der Waals surface area (Å²) in [6.45, 7) is -0.998. The molecular formula is C34H36N2O10. The van der Waals surface area contributed by atoms with E-state index >= 15 is 0 Å². The molecule has 2 aliphatic heterocycles. The molecule has 5 rings (SSSR count). The Bertz CT molecular complexity index is 1470. The van der Waals surface area contributed by atoms with Crippen LogP contribution >= 0.6 is 0 Å². The topological polar surface area (TPSA) is 210 Å². The normalized spacial score (nSPS) is 30.7. The summed E-state index contributed by atoms with van der Waals surface area (Å²) in [6, 6.07) is 19.2. The number of aliphatic hydroxyl groups is 6. The van der Waals surface area contributed by atoms with Gasteiger partial charge in [0.2, 0.25) is 12.6 Å². The molecule has 0 radical (unpaired) electrons. The van der Waals surface area contributed by atoms with Crippen LogP contribution in [0.4, 0.5) is 0 Å². The van der Waals surface area contributed by atoms with E-state index in [1.165, 1.54) is 0 Å². The van der Waals surface area contributed by atoms with Crippen molar-refractivity contribution in [2.24, 2.45) is 11.5 Å². The van der Waals surface area contributed by atoms with Gasteiger partial charge in [-0.3, -0.25) is 0 Å². The second-order valence-electron chi connectivity index (χ2n) is 10.9. The van der Waals surface area contributed by atoms with Crippen LogP contribution in [-0.2, 0) is 9.47 Å². The smallest absolute Gasteiger partial charge is 0.218 e. The van der Waals surface area contributed by atoms with Crippen LogP contribution in [0.5, 0.6) is 11.5 Å². The minimum atomic E-state index is -1.32. The maximum atomic E-state index is 10.2. The van der Waals surface area contributed by atoms with Crippen LogP contribution in [0.3, 0.4) is 0 Å². The fourth-order valence-electron chi connectivity index (χ4n) is 4.91. The van der Waals surface area contributed by atoms with Crippen LogP contribution in [0.25, 0.3) is 0 Å². The number of hydrogen-bond acceptors (Lipinski definition) is 12. The first kappa shape index (κ1) is 33.3. The Morgan fingerprint density at radius 2 is 0.913 bits per heavy atom. The molecule has 2 fully saturated rings. The van der Waals surface area contributed by atoms with Gasteiger partial charge in [-0.2, -0.15) is 0 Å². The van der Waals surface area contributed by atoms with Crippen LogP contribution in [0, 0.1) is 23.7 Å². The Balaban J connectivity index is 1.20. The largest absolute Gasteiger partial charge is 0.463 e. The molecule has 3 aromatic carbocycles. The van der Waals surface area contributed by atoms with Gasteiger partial charge in [0.15, 0.2) is 0 Å². The van der Waals surface area contributed by atoms with Crippen LogP contribution < -0.4 is 20.9 Å². The Morgan fingerprint density at radius 1 is 0.543 bits per heavy atom. The van der Waals surface area contributed by atoms with Crippen LogP contribution in [0.1, 0.15) is 22.3 Å². The lowest BCUT2D eigenvalue weighted by Gasteiger charge is -2.40. The molecule has 0 saturated carbocycles. The van der Waals surface area contributed by atoms with Gasteiger partial charge in [-0.05, 0) is 60.7 Å².